The van der Waals surface area contributed by atoms with Gasteiger partial charge >= 0.3 is 18.0 Å². The van der Waals surface area contributed by atoms with Crippen LogP contribution in [-0.4, -0.2) is 58.6 Å². The third kappa shape index (κ3) is 6.94. The summed E-state index contributed by atoms with van der Waals surface area (Å²) >= 11 is 0. The largest absolute Gasteiger partial charge is 0.481 e. The molecule has 1 atom stereocenters. The quantitative estimate of drug-likeness (QED) is 0.305. The molecule has 1 aliphatic rings. The van der Waals surface area contributed by atoms with Crippen LogP contribution in [0.25, 0.3) is 6.08 Å². The molecule has 1 amide bonds. The number of hydrogen-bond donors (Lipinski definition) is 1. The first-order valence-electron chi connectivity index (χ1n) is 10.2. The number of aliphatic carboxylic acids is 1. The minimum absolute atomic E-state index is 0.0987. The maximum Gasteiger partial charge on any atom is 0.410 e. The van der Waals surface area contributed by atoms with Gasteiger partial charge in [-0.15, -0.1) is 0 Å². The monoisotopic (exact) mass is 431 g/mol. The van der Waals surface area contributed by atoms with Gasteiger partial charge in [-0.05, 0) is 57.7 Å². The summed E-state index contributed by atoms with van der Waals surface area (Å²) in [5, 5.41) is 8.89. The van der Waals surface area contributed by atoms with E-state index in [1.807, 2.05) is 0 Å². The molecule has 2 rings (SSSR count). The number of hydrogen-bond acceptors (Lipinski definition) is 6. The van der Waals surface area contributed by atoms with Crippen molar-refractivity contribution in [3.8, 4) is 0 Å². The van der Waals surface area contributed by atoms with E-state index in [0.717, 1.165) is 0 Å². The number of likely N-dealkylation sites (tertiary alicyclic amines) is 1. The third-order valence-electron chi connectivity index (χ3n) is 4.59. The Morgan fingerprint density at radius 1 is 1.16 bits per heavy atom. The Balaban J connectivity index is 2.31. The number of ether oxygens (including phenoxy) is 2. The number of carboxylic acid groups (broad SMARTS) is 1. The number of carbonyl (C=O) groups is 4. The second-order valence-corrected chi connectivity index (χ2v) is 8.29. The van der Waals surface area contributed by atoms with E-state index in [1.54, 1.807) is 52.0 Å². The molecule has 168 valence electrons. The van der Waals surface area contributed by atoms with E-state index in [9.17, 15) is 19.2 Å². The van der Waals surface area contributed by atoms with Crippen LogP contribution in [0.1, 0.15) is 51.7 Å². The summed E-state index contributed by atoms with van der Waals surface area (Å²) in [5.74, 6) is -2.22. The fourth-order valence-electron chi connectivity index (χ4n) is 3.27. The van der Waals surface area contributed by atoms with Crippen LogP contribution >= 0.6 is 0 Å². The third-order valence-corrected chi connectivity index (χ3v) is 4.59. The van der Waals surface area contributed by atoms with Gasteiger partial charge in [-0.2, -0.15) is 0 Å². The number of ketones is 1. The fourth-order valence-corrected chi connectivity index (χ4v) is 3.27. The van der Waals surface area contributed by atoms with Gasteiger partial charge in [0.15, 0.2) is 5.78 Å². The molecule has 1 fully saturated rings. The number of carboxylic acids is 1. The van der Waals surface area contributed by atoms with Gasteiger partial charge in [0.25, 0.3) is 0 Å². The van der Waals surface area contributed by atoms with E-state index in [2.05, 4.69) is 0 Å². The van der Waals surface area contributed by atoms with Crippen molar-refractivity contribution in [2.24, 2.45) is 0 Å². The Hall–Kier alpha value is -3.16. The van der Waals surface area contributed by atoms with Crippen LogP contribution in [0, 0.1) is 0 Å². The molecule has 0 saturated carbocycles. The SMILES string of the molecule is CCOC(=O)/C(=C\c1ccc(CC(=O)O)cc1)C(=O)[C@@H]1CCCN1C(=O)OC(C)(C)C. The van der Waals surface area contributed by atoms with Gasteiger partial charge < -0.3 is 14.6 Å². The Morgan fingerprint density at radius 2 is 1.81 bits per heavy atom. The lowest BCUT2D eigenvalue weighted by molar-refractivity contribution is -0.140. The second kappa shape index (κ2) is 10.2. The number of carbonyl (C=O) groups excluding carboxylic acids is 3. The summed E-state index contributed by atoms with van der Waals surface area (Å²) < 4.78 is 10.5. The molecule has 1 aliphatic heterocycles. The number of Topliss-reactive ketones (excluding diaryl/α,β-unsaturated/α-hetero) is 1. The van der Waals surface area contributed by atoms with Crippen molar-refractivity contribution in [2.75, 3.05) is 13.2 Å². The van der Waals surface area contributed by atoms with Crippen LogP contribution < -0.4 is 0 Å². The van der Waals surface area contributed by atoms with E-state index in [0.29, 0.717) is 30.5 Å². The van der Waals surface area contributed by atoms with Crippen molar-refractivity contribution >= 4 is 29.9 Å². The van der Waals surface area contributed by atoms with Crippen molar-refractivity contribution in [3.63, 3.8) is 0 Å². The maximum atomic E-state index is 13.3. The molecule has 0 aromatic heterocycles. The molecule has 8 nitrogen and oxygen atoms in total. The van der Waals surface area contributed by atoms with Crippen LogP contribution in [0.4, 0.5) is 4.79 Å². The minimum Gasteiger partial charge on any atom is -0.481 e. The molecule has 1 heterocycles. The highest BCUT2D eigenvalue weighted by molar-refractivity contribution is 6.22. The standard InChI is InChI=1S/C23H29NO7/c1-5-30-21(28)17(13-15-8-10-16(11-9-15)14-19(25)26)20(27)18-7-6-12-24(18)22(29)31-23(2,3)4/h8-11,13,18H,5-7,12,14H2,1-4H3,(H,25,26)/b17-13-/t18-/m0/s1. The van der Waals surface area contributed by atoms with E-state index >= 15 is 0 Å². The number of nitrogens with zero attached hydrogens (tertiary/aromatic N) is 1. The minimum atomic E-state index is -0.950. The molecule has 1 saturated heterocycles. The van der Waals surface area contributed by atoms with Crippen LogP contribution in [-0.2, 0) is 30.3 Å². The molecular weight excluding hydrogens is 402 g/mol. The Kier molecular flexibility index (Phi) is 7.96. The van der Waals surface area contributed by atoms with Crippen molar-refractivity contribution < 1.29 is 33.8 Å². The first-order chi connectivity index (χ1) is 14.5. The lowest BCUT2D eigenvalue weighted by Crippen LogP contribution is -2.44. The van der Waals surface area contributed by atoms with Gasteiger partial charge in [0.05, 0.1) is 19.1 Å². The molecule has 1 N–H and O–H groups in total. The Morgan fingerprint density at radius 3 is 2.35 bits per heavy atom. The fraction of sp³-hybridized carbons (Fsp3) is 0.478. The number of rotatable bonds is 7. The summed E-state index contributed by atoms with van der Waals surface area (Å²) in [5.41, 5.74) is 0.284. The molecule has 0 spiro atoms. The molecule has 1 aromatic carbocycles. The van der Waals surface area contributed by atoms with Gasteiger partial charge in [-0.1, -0.05) is 24.3 Å². The molecule has 1 aromatic rings. The zero-order valence-electron chi connectivity index (χ0n) is 18.3. The first-order valence-corrected chi connectivity index (χ1v) is 10.2. The maximum absolute atomic E-state index is 13.3. The average molecular weight is 431 g/mol. The van der Waals surface area contributed by atoms with E-state index in [4.69, 9.17) is 14.6 Å². The first kappa shape index (κ1) is 24.1. The average Bonchev–Trinajstić information content (AvgIpc) is 3.15. The van der Waals surface area contributed by atoms with Gasteiger partial charge in [0.1, 0.15) is 11.2 Å². The normalized spacial score (nSPS) is 16.7. The highest BCUT2D eigenvalue weighted by Crippen LogP contribution is 2.25. The Bertz CT molecular complexity index is 865. The van der Waals surface area contributed by atoms with Crippen LogP contribution in [0.5, 0.6) is 0 Å². The van der Waals surface area contributed by atoms with E-state index in [1.165, 1.54) is 11.0 Å². The molecular formula is C23H29NO7. The van der Waals surface area contributed by atoms with Gasteiger partial charge in [-0.25, -0.2) is 9.59 Å². The lowest BCUT2D eigenvalue weighted by Gasteiger charge is -2.28. The van der Waals surface area contributed by atoms with Gasteiger partial charge in [0, 0.05) is 6.54 Å². The summed E-state index contributed by atoms with van der Waals surface area (Å²) in [4.78, 5) is 50.5. The van der Waals surface area contributed by atoms with Crippen molar-refractivity contribution in [3.05, 3.63) is 41.0 Å². The van der Waals surface area contributed by atoms with Crippen molar-refractivity contribution in [1.82, 2.24) is 4.90 Å². The second-order valence-electron chi connectivity index (χ2n) is 8.29. The molecule has 0 aliphatic carbocycles. The van der Waals surface area contributed by atoms with Gasteiger partial charge in [-0.3, -0.25) is 14.5 Å². The predicted octanol–water partition coefficient (Wildman–Crippen LogP) is 3.23. The summed E-state index contributed by atoms with van der Waals surface area (Å²) in [6.45, 7) is 7.34. The molecule has 31 heavy (non-hydrogen) atoms. The summed E-state index contributed by atoms with van der Waals surface area (Å²) in [7, 11) is 0. The zero-order valence-corrected chi connectivity index (χ0v) is 18.3. The van der Waals surface area contributed by atoms with Crippen LogP contribution in [0.15, 0.2) is 29.8 Å². The zero-order chi connectivity index (χ0) is 23.2. The summed E-state index contributed by atoms with van der Waals surface area (Å²) in [6, 6.07) is 5.69. The topological polar surface area (TPSA) is 110 Å². The number of amides is 1. The van der Waals surface area contributed by atoms with Crippen LogP contribution in [0.2, 0.25) is 0 Å². The van der Waals surface area contributed by atoms with Crippen molar-refractivity contribution in [1.29, 1.82) is 0 Å². The van der Waals surface area contributed by atoms with Crippen molar-refractivity contribution in [2.45, 2.75) is 58.6 Å². The van der Waals surface area contributed by atoms with E-state index < -0.39 is 35.5 Å². The van der Waals surface area contributed by atoms with E-state index in [-0.39, 0.29) is 18.6 Å². The predicted molar refractivity (Wildman–Crippen MR) is 113 cm³/mol. The molecule has 0 radical (unpaired) electrons. The highest BCUT2D eigenvalue weighted by Gasteiger charge is 2.39. The molecule has 8 heteroatoms. The van der Waals surface area contributed by atoms with Gasteiger partial charge in [0.2, 0.25) is 0 Å². The smallest absolute Gasteiger partial charge is 0.410 e. The molecule has 0 bridgehead atoms. The number of esters is 1. The van der Waals surface area contributed by atoms with Crippen LogP contribution in [0.3, 0.4) is 0 Å². The molecule has 0 unspecified atom stereocenters. The highest BCUT2D eigenvalue weighted by atomic mass is 16.6. The Labute approximate surface area is 181 Å². The number of benzene rings is 1. The summed E-state index contributed by atoms with van der Waals surface area (Å²) in [6.07, 6.45) is 1.74. The lowest BCUT2D eigenvalue weighted by atomic mass is 9.99.